The number of hydrogen-bond donors (Lipinski definition) is 0. The largest absolute Gasteiger partial charge is 0.207 e. The normalized spacial score (nSPS) is 9.73. The molecule has 5 heteroatoms. The molecular formula is C6H2Cl2FNO. The highest BCUT2D eigenvalue weighted by Crippen LogP contribution is 2.32. The zero-order valence-electron chi connectivity index (χ0n) is 5.14. The van der Waals surface area contributed by atoms with Crippen LogP contribution in [0.3, 0.4) is 0 Å². The summed E-state index contributed by atoms with van der Waals surface area (Å²) >= 11 is 10.9. The van der Waals surface area contributed by atoms with Gasteiger partial charge in [-0.1, -0.05) is 23.2 Å². The third-order valence-corrected chi connectivity index (χ3v) is 1.86. The molecule has 0 atom stereocenters. The van der Waals surface area contributed by atoms with Gasteiger partial charge in [-0.15, -0.1) is 4.91 Å². The maximum absolute atomic E-state index is 12.5. The molecule has 0 spiro atoms. The molecule has 0 bridgehead atoms. The van der Waals surface area contributed by atoms with E-state index in [2.05, 4.69) is 5.18 Å². The zero-order valence-corrected chi connectivity index (χ0v) is 6.66. The van der Waals surface area contributed by atoms with Gasteiger partial charge in [0, 0.05) is 6.07 Å². The summed E-state index contributed by atoms with van der Waals surface area (Å²) in [6.07, 6.45) is 0. The Morgan fingerprint density at radius 2 is 2.00 bits per heavy atom. The van der Waals surface area contributed by atoms with Crippen molar-refractivity contribution in [3.05, 3.63) is 32.9 Å². The number of hydrogen-bond acceptors (Lipinski definition) is 2. The fourth-order valence-corrected chi connectivity index (χ4v) is 0.953. The van der Waals surface area contributed by atoms with Gasteiger partial charge in [0.1, 0.15) is 11.5 Å². The Morgan fingerprint density at radius 1 is 1.36 bits per heavy atom. The van der Waals surface area contributed by atoms with Gasteiger partial charge in [0.15, 0.2) is 0 Å². The van der Waals surface area contributed by atoms with E-state index in [0.717, 1.165) is 12.1 Å². The molecule has 0 aliphatic carbocycles. The summed E-state index contributed by atoms with van der Waals surface area (Å²) in [5.41, 5.74) is -0.184. The summed E-state index contributed by atoms with van der Waals surface area (Å²) in [6, 6.07) is 1.93. The molecule has 0 aromatic heterocycles. The van der Waals surface area contributed by atoms with Gasteiger partial charge in [-0.25, -0.2) is 4.39 Å². The molecule has 1 aromatic rings. The molecule has 0 amide bonds. The first-order valence-corrected chi connectivity index (χ1v) is 3.38. The van der Waals surface area contributed by atoms with E-state index in [4.69, 9.17) is 23.2 Å². The van der Waals surface area contributed by atoms with Crippen LogP contribution in [0.15, 0.2) is 17.3 Å². The minimum atomic E-state index is -0.631. The molecule has 2 nitrogen and oxygen atoms in total. The molecule has 58 valence electrons. The Labute approximate surface area is 71.9 Å². The minimum absolute atomic E-state index is 0.0127. The van der Waals surface area contributed by atoms with Gasteiger partial charge >= 0.3 is 0 Å². The van der Waals surface area contributed by atoms with Crippen LogP contribution < -0.4 is 0 Å². The zero-order chi connectivity index (χ0) is 8.43. The van der Waals surface area contributed by atoms with Gasteiger partial charge in [-0.3, -0.25) is 0 Å². The molecule has 0 fully saturated rings. The third kappa shape index (κ3) is 1.67. The molecule has 0 saturated carbocycles. The minimum Gasteiger partial charge on any atom is -0.207 e. The number of nitrogens with zero attached hydrogens (tertiary/aromatic N) is 1. The molecule has 0 unspecified atom stereocenters. The topological polar surface area (TPSA) is 29.4 Å². The number of benzene rings is 1. The van der Waals surface area contributed by atoms with Crippen LogP contribution in [0.1, 0.15) is 0 Å². The van der Waals surface area contributed by atoms with Crippen molar-refractivity contribution in [3.8, 4) is 0 Å². The van der Waals surface area contributed by atoms with E-state index in [1.165, 1.54) is 0 Å². The van der Waals surface area contributed by atoms with Crippen LogP contribution in [0.4, 0.5) is 10.1 Å². The predicted molar refractivity (Wildman–Crippen MR) is 41.9 cm³/mol. The molecule has 1 rings (SSSR count). The van der Waals surface area contributed by atoms with Crippen molar-refractivity contribution in [2.24, 2.45) is 5.18 Å². The smallest absolute Gasteiger partial charge is 0.131 e. The van der Waals surface area contributed by atoms with E-state index in [1.807, 2.05) is 0 Å². The van der Waals surface area contributed by atoms with Crippen LogP contribution in [0.2, 0.25) is 10.0 Å². The van der Waals surface area contributed by atoms with Gasteiger partial charge in [-0.05, 0) is 11.2 Å². The molecule has 0 saturated heterocycles. The maximum atomic E-state index is 12.5. The first-order chi connectivity index (χ1) is 5.15. The first-order valence-electron chi connectivity index (χ1n) is 2.63. The van der Waals surface area contributed by atoms with E-state index in [9.17, 15) is 9.30 Å². The van der Waals surface area contributed by atoms with Crippen molar-refractivity contribution in [1.29, 1.82) is 0 Å². The number of halogens is 3. The maximum Gasteiger partial charge on any atom is 0.131 e. The summed E-state index contributed by atoms with van der Waals surface area (Å²) in [4.78, 5) is 9.97. The quantitative estimate of drug-likeness (QED) is 0.496. The van der Waals surface area contributed by atoms with Gasteiger partial charge in [0.25, 0.3) is 0 Å². The molecule has 0 aliphatic rings. The van der Waals surface area contributed by atoms with E-state index in [1.54, 1.807) is 0 Å². The van der Waals surface area contributed by atoms with E-state index in [-0.39, 0.29) is 15.7 Å². The molecule has 0 heterocycles. The van der Waals surface area contributed by atoms with Crippen LogP contribution >= 0.6 is 23.2 Å². The van der Waals surface area contributed by atoms with E-state index >= 15 is 0 Å². The highest BCUT2D eigenvalue weighted by Gasteiger charge is 2.07. The summed E-state index contributed by atoms with van der Waals surface area (Å²) < 4.78 is 12.5. The summed E-state index contributed by atoms with van der Waals surface area (Å²) in [5, 5.41) is 2.45. The number of nitroso groups, excluding NO2 is 1. The standard InChI is InChI=1S/C6H2Cl2FNO/c7-4-1-3(9)2-5(10-11)6(4)8/h1-2H. The lowest BCUT2D eigenvalue weighted by Crippen LogP contribution is -1.75. The number of rotatable bonds is 1. The molecule has 0 N–H and O–H groups in total. The Kier molecular flexibility index (Phi) is 2.42. The monoisotopic (exact) mass is 193 g/mol. The molecule has 11 heavy (non-hydrogen) atoms. The molecular weight excluding hydrogens is 192 g/mol. The Hall–Kier alpha value is -0.670. The molecule has 0 radical (unpaired) electrons. The average Bonchev–Trinajstić information content (AvgIpc) is 1.96. The highest BCUT2D eigenvalue weighted by atomic mass is 35.5. The average molecular weight is 194 g/mol. The van der Waals surface area contributed by atoms with Crippen molar-refractivity contribution >= 4 is 28.9 Å². The van der Waals surface area contributed by atoms with Crippen LogP contribution in [-0.4, -0.2) is 0 Å². The van der Waals surface area contributed by atoms with Gasteiger partial charge in [0.2, 0.25) is 0 Å². The van der Waals surface area contributed by atoms with Crippen LogP contribution in [0, 0.1) is 10.7 Å². The Morgan fingerprint density at radius 3 is 2.55 bits per heavy atom. The van der Waals surface area contributed by atoms with Crippen molar-refractivity contribution in [3.63, 3.8) is 0 Å². The lowest BCUT2D eigenvalue weighted by molar-refractivity contribution is 0.628. The SMILES string of the molecule is O=Nc1cc(F)cc(Cl)c1Cl. The fraction of sp³-hybridized carbons (Fsp3) is 0. The second kappa shape index (κ2) is 3.15. The van der Waals surface area contributed by atoms with E-state index in [0.29, 0.717) is 0 Å². The third-order valence-electron chi connectivity index (χ3n) is 1.07. The first kappa shape index (κ1) is 8.43. The van der Waals surface area contributed by atoms with Crippen LogP contribution in [0.5, 0.6) is 0 Å². The fourth-order valence-electron chi connectivity index (χ4n) is 0.609. The summed E-state index contributed by atoms with van der Waals surface area (Å²) in [7, 11) is 0. The molecule has 1 aromatic carbocycles. The Balaban J connectivity index is 3.35. The van der Waals surface area contributed by atoms with E-state index < -0.39 is 5.82 Å². The summed E-state index contributed by atoms with van der Waals surface area (Å²) in [6.45, 7) is 0. The second-order valence-electron chi connectivity index (χ2n) is 1.81. The molecule has 0 aliphatic heterocycles. The van der Waals surface area contributed by atoms with Crippen molar-refractivity contribution in [2.45, 2.75) is 0 Å². The highest BCUT2D eigenvalue weighted by molar-refractivity contribution is 6.43. The summed E-state index contributed by atoms with van der Waals surface area (Å²) in [5.74, 6) is -0.631. The lowest BCUT2D eigenvalue weighted by atomic mass is 10.3. The van der Waals surface area contributed by atoms with Crippen molar-refractivity contribution in [2.75, 3.05) is 0 Å². The Bertz CT molecular complexity index is 303. The van der Waals surface area contributed by atoms with Gasteiger partial charge in [-0.2, -0.15) is 0 Å². The lowest BCUT2D eigenvalue weighted by Gasteiger charge is -1.96. The van der Waals surface area contributed by atoms with Crippen LogP contribution in [-0.2, 0) is 0 Å². The second-order valence-corrected chi connectivity index (χ2v) is 2.60. The van der Waals surface area contributed by atoms with Gasteiger partial charge < -0.3 is 0 Å². The van der Waals surface area contributed by atoms with Crippen molar-refractivity contribution < 1.29 is 4.39 Å². The van der Waals surface area contributed by atoms with Crippen molar-refractivity contribution in [1.82, 2.24) is 0 Å². The van der Waals surface area contributed by atoms with Gasteiger partial charge in [0.05, 0.1) is 10.0 Å². The van der Waals surface area contributed by atoms with Crippen LogP contribution in [0.25, 0.3) is 0 Å². The predicted octanol–water partition coefficient (Wildman–Crippen LogP) is 3.53.